The standard InChI is InChI=1S/C25H23F4N5O/c1-4-15-11-16-23(31-32(3)24(16)13-8-17(27)22(29)18(28)9-13)19(5-2)34(15)25(35)20-12-30-21-10-14(26)6-7-33(20)21/h6-10,12,15,19H,4-5,11H2,1-3H3. The molecule has 1 aromatic carbocycles. The molecule has 2 unspecified atom stereocenters. The van der Waals surface area contributed by atoms with Gasteiger partial charge in [0.15, 0.2) is 17.5 Å². The number of hydrogen-bond acceptors (Lipinski definition) is 3. The van der Waals surface area contributed by atoms with Gasteiger partial charge in [0, 0.05) is 36.5 Å². The second-order valence-electron chi connectivity index (χ2n) is 8.71. The number of pyridine rings is 1. The Labute approximate surface area is 198 Å². The summed E-state index contributed by atoms with van der Waals surface area (Å²) in [4.78, 5) is 19.7. The number of nitrogens with zero attached hydrogens (tertiary/aromatic N) is 5. The normalized spacial score (nSPS) is 17.7. The van der Waals surface area contributed by atoms with Gasteiger partial charge in [0.25, 0.3) is 5.91 Å². The lowest BCUT2D eigenvalue weighted by molar-refractivity contribution is 0.0505. The number of amides is 1. The minimum Gasteiger partial charge on any atom is -0.325 e. The molecular formula is C25H23F4N5O. The van der Waals surface area contributed by atoms with Gasteiger partial charge in [-0.2, -0.15) is 5.10 Å². The van der Waals surface area contributed by atoms with Crippen LogP contribution in [0, 0.1) is 23.3 Å². The van der Waals surface area contributed by atoms with Crippen LogP contribution in [0.4, 0.5) is 17.6 Å². The molecule has 0 aliphatic carbocycles. The van der Waals surface area contributed by atoms with Gasteiger partial charge < -0.3 is 4.90 Å². The average Bonchev–Trinajstić information content (AvgIpc) is 3.40. The van der Waals surface area contributed by atoms with E-state index in [0.717, 1.165) is 17.7 Å². The zero-order chi connectivity index (χ0) is 25.0. The van der Waals surface area contributed by atoms with E-state index in [-0.39, 0.29) is 17.5 Å². The van der Waals surface area contributed by atoms with Crippen LogP contribution in [0.1, 0.15) is 54.5 Å². The van der Waals surface area contributed by atoms with E-state index in [2.05, 4.69) is 10.1 Å². The molecule has 2 atom stereocenters. The SMILES string of the molecule is CCC1Cc2c(nn(C)c2-c2cc(F)c(F)c(F)c2)C(CC)N1C(=O)c1cnc2cc(F)ccn12. The van der Waals surface area contributed by atoms with E-state index in [4.69, 9.17) is 0 Å². The van der Waals surface area contributed by atoms with Gasteiger partial charge in [0.1, 0.15) is 17.2 Å². The Balaban J connectivity index is 1.62. The molecule has 0 N–H and O–H groups in total. The zero-order valence-electron chi connectivity index (χ0n) is 19.4. The van der Waals surface area contributed by atoms with Crippen molar-refractivity contribution in [3.05, 3.63) is 76.9 Å². The van der Waals surface area contributed by atoms with Gasteiger partial charge in [-0.1, -0.05) is 13.8 Å². The lowest BCUT2D eigenvalue weighted by atomic mass is 9.87. The third-order valence-electron chi connectivity index (χ3n) is 6.71. The Morgan fingerprint density at radius 1 is 1.09 bits per heavy atom. The van der Waals surface area contributed by atoms with Gasteiger partial charge in [-0.15, -0.1) is 0 Å². The lowest BCUT2D eigenvalue weighted by Gasteiger charge is -2.41. The molecule has 1 amide bonds. The summed E-state index contributed by atoms with van der Waals surface area (Å²) in [5, 5.41) is 4.63. The van der Waals surface area contributed by atoms with Gasteiger partial charge in [-0.05, 0) is 37.5 Å². The fourth-order valence-corrected chi connectivity index (χ4v) is 5.12. The van der Waals surface area contributed by atoms with E-state index in [9.17, 15) is 22.4 Å². The summed E-state index contributed by atoms with van der Waals surface area (Å²) in [6.45, 7) is 3.89. The van der Waals surface area contributed by atoms with Gasteiger partial charge in [0.2, 0.25) is 0 Å². The highest BCUT2D eigenvalue weighted by Gasteiger charge is 2.41. The largest absolute Gasteiger partial charge is 0.325 e. The molecule has 0 saturated heterocycles. The Bertz CT molecular complexity index is 1440. The Morgan fingerprint density at radius 2 is 1.80 bits per heavy atom. The number of imidazole rings is 1. The first kappa shape index (κ1) is 23.1. The van der Waals surface area contributed by atoms with Gasteiger partial charge in [-0.25, -0.2) is 22.5 Å². The fraction of sp³-hybridized carbons (Fsp3) is 0.320. The first-order valence-corrected chi connectivity index (χ1v) is 11.4. The zero-order valence-corrected chi connectivity index (χ0v) is 19.4. The van der Waals surface area contributed by atoms with E-state index in [1.165, 1.54) is 29.2 Å². The van der Waals surface area contributed by atoms with Crippen molar-refractivity contribution in [1.82, 2.24) is 24.1 Å². The van der Waals surface area contributed by atoms with Crippen molar-refractivity contribution in [2.75, 3.05) is 0 Å². The molecule has 0 bridgehead atoms. The van der Waals surface area contributed by atoms with Crippen LogP contribution >= 0.6 is 0 Å². The summed E-state index contributed by atoms with van der Waals surface area (Å²) < 4.78 is 58.3. The molecule has 5 rings (SSSR count). The van der Waals surface area contributed by atoms with Gasteiger partial charge in [-0.3, -0.25) is 13.9 Å². The number of hydrogen-bond donors (Lipinski definition) is 0. The monoisotopic (exact) mass is 485 g/mol. The minimum atomic E-state index is -1.52. The molecule has 0 saturated carbocycles. The predicted molar refractivity (Wildman–Crippen MR) is 121 cm³/mol. The number of fused-ring (bicyclic) bond motifs is 2. The topological polar surface area (TPSA) is 55.4 Å². The number of carbonyl (C=O) groups is 1. The number of aryl methyl sites for hydroxylation is 1. The Kier molecular flexibility index (Phi) is 5.61. The summed E-state index contributed by atoms with van der Waals surface area (Å²) in [6.07, 6.45) is 4.47. The number of benzene rings is 1. The van der Waals surface area contributed by atoms with E-state index in [0.29, 0.717) is 42.0 Å². The van der Waals surface area contributed by atoms with Crippen molar-refractivity contribution in [2.45, 2.75) is 45.2 Å². The van der Waals surface area contributed by atoms with Crippen LogP contribution < -0.4 is 0 Å². The highest BCUT2D eigenvalue weighted by Crippen LogP contribution is 2.41. The van der Waals surface area contributed by atoms with Crippen LogP contribution in [0.3, 0.4) is 0 Å². The molecule has 1 aliphatic heterocycles. The van der Waals surface area contributed by atoms with Crippen LogP contribution in [0.5, 0.6) is 0 Å². The average molecular weight is 485 g/mol. The molecule has 0 fully saturated rings. The summed E-state index contributed by atoms with van der Waals surface area (Å²) in [7, 11) is 1.66. The van der Waals surface area contributed by atoms with Crippen LogP contribution in [-0.2, 0) is 13.5 Å². The van der Waals surface area contributed by atoms with Crippen molar-refractivity contribution in [1.29, 1.82) is 0 Å². The van der Waals surface area contributed by atoms with Crippen LogP contribution in [-0.4, -0.2) is 36.0 Å². The van der Waals surface area contributed by atoms with Crippen LogP contribution in [0.15, 0.2) is 36.7 Å². The minimum absolute atomic E-state index is 0.186. The van der Waals surface area contributed by atoms with Crippen molar-refractivity contribution in [3.8, 4) is 11.3 Å². The quantitative estimate of drug-likeness (QED) is 0.294. The highest BCUT2D eigenvalue weighted by atomic mass is 19.2. The maximum atomic E-state index is 14.0. The maximum Gasteiger partial charge on any atom is 0.273 e. The van der Waals surface area contributed by atoms with E-state index < -0.39 is 29.3 Å². The van der Waals surface area contributed by atoms with Crippen molar-refractivity contribution >= 4 is 11.6 Å². The lowest BCUT2D eigenvalue weighted by Crippen LogP contribution is -2.47. The molecule has 6 nitrogen and oxygen atoms in total. The Morgan fingerprint density at radius 3 is 2.46 bits per heavy atom. The molecule has 3 aromatic heterocycles. The molecule has 10 heteroatoms. The summed E-state index contributed by atoms with van der Waals surface area (Å²) in [5.41, 5.74) is 2.72. The molecule has 4 aromatic rings. The smallest absolute Gasteiger partial charge is 0.273 e. The van der Waals surface area contributed by atoms with Crippen LogP contribution in [0.2, 0.25) is 0 Å². The molecule has 4 heterocycles. The third-order valence-corrected chi connectivity index (χ3v) is 6.71. The summed E-state index contributed by atoms with van der Waals surface area (Å²) >= 11 is 0. The van der Waals surface area contributed by atoms with E-state index in [1.54, 1.807) is 16.3 Å². The number of carbonyl (C=O) groups excluding carboxylic acids is 1. The first-order valence-electron chi connectivity index (χ1n) is 11.4. The van der Waals surface area contributed by atoms with E-state index in [1.807, 2.05) is 13.8 Å². The van der Waals surface area contributed by atoms with Crippen molar-refractivity contribution in [2.24, 2.45) is 7.05 Å². The number of rotatable bonds is 4. The molecule has 35 heavy (non-hydrogen) atoms. The molecule has 0 spiro atoms. The molecule has 1 aliphatic rings. The van der Waals surface area contributed by atoms with Gasteiger partial charge >= 0.3 is 0 Å². The first-order chi connectivity index (χ1) is 16.7. The Hall–Kier alpha value is -3.69. The fourth-order valence-electron chi connectivity index (χ4n) is 5.12. The van der Waals surface area contributed by atoms with Gasteiger partial charge in [0.05, 0.1) is 23.6 Å². The predicted octanol–water partition coefficient (Wildman–Crippen LogP) is 5.22. The highest BCUT2D eigenvalue weighted by molar-refractivity contribution is 5.94. The molecule has 182 valence electrons. The maximum absolute atomic E-state index is 14.0. The molecule has 0 radical (unpaired) electrons. The summed E-state index contributed by atoms with van der Waals surface area (Å²) in [6, 6.07) is 3.81. The molecular weight excluding hydrogens is 462 g/mol. The number of aromatic nitrogens is 4. The summed E-state index contributed by atoms with van der Waals surface area (Å²) in [5.74, 6) is -4.78. The van der Waals surface area contributed by atoms with Crippen molar-refractivity contribution < 1.29 is 22.4 Å². The van der Waals surface area contributed by atoms with Crippen LogP contribution in [0.25, 0.3) is 16.9 Å². The van der Waals surface area contributed by atoms with E-state index >= 15 is 0 Å². The van der Waals surface area contributed by atoms with Crippen molar-refractivity contribution in [3.63, 3.8) is 0 Å². The number of halogens is 4. The second-order valence-corrected chi connectivity index (χ2v) is 8.71. The second kappa shape index (κ2) is 8.51. The third kappa shape index (κ3) is 3.59.